The maximum Gasteiger partial charge on any atom is 0.00448 e. The lowest BCUT2D eigenvalue weighted by molar-refractivity contribution is 0.0306. The van der Waals surface area contributed by atoms with Crippen LogP contribution in [0.1, 0.15) is 47.5 Å². The van der Waals surface area contributed by atoms with Crippen LogP contribution in [-0.4, -0.2) is 31.6 Å². The van der Waals surface area contributed by atoms with Crippen molar-refractivity contribution in [2.75, 3.05) is 26.7 Å². The van der Waals surface area contributed by atoms with Crippen LogP contribution in [0.5, 0.6) is 0 Å². The van der Waals surface area contributed by atoms with Crippen molar-refractivity contribution >= 4 is 0 Å². The van der Waals surface area contributed by atoms with E-state index in [-0.39, 0.29) is 0 Å². The highest BCUT2D eigenvalue weighted by Gasteiger charge is 2.35. The Morgan fingerprint density at radius 2 is 1.57 bits per heavy atom. The van der Waals surface area contributed by atoms with Gasteiger partial charge in [-0.3, -0.25) is 0 Å². The van der Waals surface area contributed by atoms with Crippen LogP contribution in [0.15, 0.2) is 0 Å². The van der Waals surface area contributed by atoms with Gasteiger partial charge in [0.05, 0.1) is 0 Å². The van der Waals surface area contributed by atoms with E-state index in [4.69, 9.17) is 5.73 Å². The summed E-state index contributed by atoms with van der Waals surface area (Å²) in [5, 5.41) is 0. The van der Waals surface area contributed by atoms with Crippen LogP contribution in [-0.2, 0) is 0 Å². The van der Waals surface area contributed by atoms with Crippen molar-refractivity contribution in [1.82, 2.24) is 4.90 Å². The van der Waals surface area contributed by atoms with E-state index in [2.05, 4.69) is 18.9 Å². The molecule has 1 rings (SSSR count). The first-order valence-electron chi connectivity index (χ1n) is 6.05. The summed E-state index contributed by atoms with van der Waals surface area (Å²) in [5.74, 6) is 0. The van der Waals surface area contributed by atoms with Gasteiger partial charge in [-0.15, -0.1) is 0 Å². The van der Waals surface area contributed by atoms with Gasteiger partial charge in [0.2, 0.25) is 0 Å². The SMILES string of the molecule is CC.CC.CN1CC(C)(CCCN)C1. The molecule has 0 aromatic rings. The second-order valence-electron chi connectivity index (χ2n) is 3.88. The molecule has 2 heteroatoms. The third-order valence-electron chi connectivity index (χ3n) is 2.29. The lowest BCUT2D eigenvalue weighted by Crippen LogP contribution is -2.52. The fourth-order valence-electron chi connectivity index (χ4n) is 1.94. The van der Waals surface area contributed by atoms with Crippen molar-refractivity contribution in [3.8, 4) is 0 Å². The minimum Gasteiger partial charge on any atom is -0.330 e. The molecule has 0 atom stereocenters. The number of rotatable bonds is 3. The van der Waals surface area contributed by atoms with Crippen LogP contribution < -0.4 is 5.73 Å². The zero-order valence-corrected chi connectivity index (χ0v) is 11.1. The lowest BCUT2D eigenvalue weighted by atomic mass is 9.78. The van der Waals surface area contributed by atoms with E-state index in [1.165, 1.54) is 25.9 Å². The van der Waals surface area contributed by atoms with Gasteiger partial charge in [0, 0.05) is 13.1 Å². The van der Waals surface area contributed by atoms with Crippen LogP contribution in [0.3, 0.4) is 0 Å². The first-order valence-corrected chi connectivity index (χ1v) is 6.05. The van der Waals surface area contributed by atoms with Crippen LogP contribution in [0, 0.1) is 5.41 Å². The number of hydrogen-bond acceptors (Lipinski definition) is 2. The summed E-state index contributed by atoms with van der Waals surface area (Å²) in [6, 6.07) is 0. The first-order chi connectivity index (χ1) is 6.66. The highest BCUT2D eigenvalue weighted by atomic mass is 15.2. The molecular formula is C12H30N2. The van der Waals surface area contributed by atoms with Gasteiger partial charge >= 0.3 is 0 Å². The van der Waals surface area contributed by atoms with Crippen molar-refractivity contribution in [2.24, 2.45) is 11.1 Å². The fraction of sp³-hybridized carbons (Fsp3) is 1.00. The van der Waals surface area contributed by atoms with Gasteiger partial charge < -0.3 is 10.6 Å². The Kier molecular flexibility index (Phi) is 11.1. The summed E-state index contributed by atoms with van der Waals surface area (Å²) >= 11 is 0. The Morgan fingerprint density at radius 3 is 1.86 bits per heavy atom. The van der Waals surface area contributed by atoms with Crippen molar-refractivity contribution in [2.45, 2.75) is 47.5 Å². The molecule has 0 spiro atoms. The van der Waals surface area contributed by atoms with E-state index < -0.39 is 0 Å². The number of hydrogen-bond donors (Lipinski definition) is 1. The van der Waals surface area contributed by atoms with E-state index in [9.17, 15) is 0 Å². The third-order valence-corrected chi connectivity index (χ3v) is 2.29. The molecule has 0 radical (unpaired) electrons. The Bertz CT molecular complexity index is 107. The van der Waals surface area contributed by atoms with E-state index in [1.807, 2.05) is 27.7 Å². The number of likely N-dealkylation sites (tertiary alicyclic amines) is 1. The molecule has 0 unspecified atom stereocenters. The standard InChI is InChI=1S/C8H18N2.2C2H6/c1-8(4-3-5-9)6-10(2)7-8;2*1-2/h3-7,9H2,1-2H3;2*1-2H3. The summed E-state index contributed by atoms with van der Waals surface area (Å²) in [4.78, 5) is 2.36. The molecule has 0 aromatic carbocycles. The Balaban J connectivity index is 0. The summed E-state index contributed by atoms with van der Waals surface area (Å²) in [6.07, 6.45) is 2.48. The molecule has 1 saturated heterocycles. The van der Waals surface area contributed by atoms with Gasteiger partial charge in [0.25, 0.3) is 0 Å². The predicted octanol–water partition coefficient (Wildman–Crippen LogP) is 2.73. The van der Waals surface area contributed by atoms with Crippen LogP contribution >= 0.6 is 0 Å². The smallest absolute Gasteiger partial charge is 0.00448 e. The van der Waals surface area contributed by atoms with Gasteiger partial charge in [0.15, 0.2) is 0 Å². The molecule has 2 nitrogen and oxygen atoms in total. The average Bonchev–Trinajstić information content (AvgIpc) is 2.19. The third kappa shape index (κ3) is 6.39. The first kappa shape index (κ1) is 16.4. The largest absolute Gasteiger partial charge is 0.330 e. The van der Waals surface area contributed by atoms with Crippen LogP contribution in [0.2, 0.25) is 0 Å². The van der Waals surface area contributed by atoms with Crippen LogP contribution in [0.4, 0.5) is 0 Å². The van der Waals surface area contributed by atoms with Crippen molar-refractivity contribution in [3.05, 3.63) is 0 Å². The molecule has 0 amide bonds. The van der Waals surface area contributed by atoms with Crippen molar-refractivity contribution in [3.63, 3.8) is 0 Å². The maximum absolute atomic E-state index is 5.44. The maximum atomic E-state index is 5.44. The molecule has 0 aliphatic carbocycles. The van der Waals surface area contributed by atoms with Gasteiger partial charge in [0.1, 0.15) is 0 Å². The summed E-state index contributed by atoms with van der Waals surface area (Å²) in [5.41, 5.74) is 6.03. The second kappa shape index (κ2) is 9.47. The molecule has 14 heavy (non-hydrogen) atoms. The summed E-state index contributed by atoms with van der Waals surface area (Å²) < 4.78 is 0. The molecular weight excluding hydrogens is 172 g/mol. The van der Waals surface area contributed by atoms with E-state index in [0.717, 1.165) is 6.54 Å². The summed E-state index contributed by atoms with van der Waals surface area (Å²) in [6.45, 7) is 13.7. The fourth-order valence-corrected chi connectivity index (χ4v) is 1.94. The monoisotopic (exact) mass is 202 g/mol. The Morgan fingerprint density at radius 1 is 1.14 bits per heavy atom. The van der Waals surface area contributed by atoms with Crippen molar-refractivity contribution in [1.29, 1.82) is 0 Å². The molecule has 88 valence electrons. The second-order valence-corrected chi connectivity index (χ2v) is 3.88. The summed E-state index contributed by atoms with van der Waals surface area (Å²) in [7, 11) is 2.17. The van der Waals surface area contributed by atoms with Gasteiger partial charge in [-0.05, 0) is 31.8 Å². The number of nitrogens with zero attached hydrogens (tertiary/aromatic N) is 1. The van der Waals surface area contributed by atoms with Crippen molar-refractivity contribution < 1.29 is 0 Å². The molecule has 1 heterocycles. The van der Waals surface area contributed by atoms with Crippen LogP contribution in [0.25, 0.3) is 0 Å². The topological polar surface area (TPSA) is 29.3 Å². The van der Waals surface area contributed by atoms with Gasteiger partial charge in [-0.25, -0.2) is 0 Å². The zero-order valence-electron chi connectivity index (χ0n) is 11.1. The van der Waals surface area contributed by atoms with E-state index >= 15 is 0 Å². The lowest BCUT2D eigenvalue weighted by Gasteiger charge is -2.46. The predicted molar refractivity (Wildman–Crippen MR) is 66.6 cm³/mol. The van der Waals surface area contributed by atoms with E-state index in [1.54, 1.807) is 0 Å². The normalized spacial score (nSPS) is 18.2. The minimum atomic E-state index is 0.591. The molecule has 1 fully saturated rings. The Labute approximate surface area is 90.9 Å². The zero-order chi connectivity index (χ0) is 11.6. The number of nitrogens with two attached hydrogens (primary N) is 1. The Hall–Kier alpha value is -0.0800. The van der Waals surface area contributed by atoms with Gasteiger partial charge in [-0.1, -0.05) is 34.6 Å². The highest BCUT2D eigenvalue weighted by molar-refractivity contribution is 4.89. The molecule has 1 aliphatic heterocycles. The quantitative estimate of drug-likeness (QED) is 0.762. The molecule has 1 aliphatic rings. The van der Waals surface area contributed by atoms with Gasteiger partial charge in [-0.2, -0.15) is 0 Å². The molecule has 0 aromatic heterocycles. The van der Waals surface area contributed by atoms with E-state index in [0.29, 0.717) is 5.41 Å². The minimum absolute atomic E-state index is 0.591. The average molecular weight is 202 g/mol. The molecule has 2 N–H and O–H groups in total. The molecule has 0 saturated carbocycles. The molecule has 0 bridgehead atoms. The highest BCUT2D eigenvalue weighted by Crippen LogP contribution is 2.32.